The molecule has 1 aromatic rings. The molecule has 21 heavy (non-hydrogen) atoms. The van der Waals surface area contributed by atoms with Gasteiger partial charge in [-0.25, -0.2) is 9.59 Å². The van der Waals surface area contributed by atoms with Gasteiger partial charge < -0.3 is 19.9 Å². The summed E-state index contributed by atoms with van der Waals surface area (Å²) in [4.78, 5) is 26.7. The molecule has 1 aliphatic heterocycles. The summed E-state index contributed by atoms with van der Waals surface area (Å²) in [6, 6.07) is 7.69. The van der Waals surface area contributed by atoms with Gasteiger partial charge in [0.05, 0.1) is 7.11 Å². The molecule has 1 aromatic carbocycles. The number of benzene rings is 1. The normalized spacial score (nSPS) is 14.8. The molecular formula is C14H18BrN3O3. The molecule has 6 nitrogen and oxygen atoms in total. The largest absolute Gasteiger partial charge is 0.453 e. The van der Waals surface area contributed by atoms with Crippen molar-refractivity contribution in [2.24, 2.45) is 0 Å². The Labute approximate surface area is 132 Å². The third-order valence-corrected chi connectivity index (χ3v) is 3.83. The van der Waals surface area contributed by atoms with E-state index in [2.05, 4.69) is 26.0 Å². The number of methoxy groups -OCH3 is 1. The lowest BCUT2D eigenvalue weighted by Crippen LogP contribution is -2.53. The topological polar surface area (TPSA) is 61.9 Å². The lowest BCUT2D eigenvalue weighted by Gasteiger charge is -2.33. The molecule has 0 saturated carbocycles. The molecule has 0 atom stereocenters. The van der Waals surface area contributed by atoms with Crippen LogP contribution in [-0.2, 0) is 11.3 Å². The summed E-state index contributed by atoms with van der Waals surface area (Å²) in [5.41, 5.74) is 1.03. The molecule has 2 rings (SSSR count). The number of hydrogen-bond acceptors (Lipinski definition) is 3. The average Bonchev–Trinajstić information content (AvgIpc) is 2.52. The fraction of sp³-hybridized carbons (Fsp3) is 0.429. The Morgan fingerprint density at radius 2 is 1.90 bits per heavy atom. The van der Waals surface area contributed by atoms with E-state index in [9.17, 15) is 9.59 Å². The zero-order valence-corrected chi connectivity index (χ0v) is 13.4. The van der Waals surface area contributed by atoms with E-state index >= 15 is 0 Å². The number of amides is 3. The molecule has 0 radical (unpaired) electrons. The Hall–Kier alpha value is -1.76. The lowest BCUT2D eigenvalue weighted by atomic mass is 10.2. The Morgan fingerprint density at radius 1 is 1.24 bits per heavy atom. The zero-order chi connectivity index (χ0) is 15.2. The van der Waals surface area contributed by atoms with Crippen molar-refractivity contribution in [2.45, 2.75) is 6.54 Å². The van der Waals surface area contributed by atoms with Crippen LogP contribution in [0.1, 0.15) is 5.56 Å². The number of carbonyl (C=O) groups excluding carboxylic acids is 2. The second-order valence-electron chi connectivity index (χ2n) is 4.73. The van der Waals surface area contributed by atoms with Crippen molar-refractivity contribution >= 4 is 28.1 Å². The minimum Gasteiger partial charge on any atom is -0.453 e. The van der Waals surface area contributed by atoms with Gasteiger partial charge in [0.25, 0.3) is 0 Å². The maximum Gasteiger partial charge on any atom is 0.409 e. The van der Waals surface area contributed by atoms with Crippen LogP contribution in [0, 0.1) is 0 Å². The maximum atomic E-state index is 12.1. The standard InChI is InChI=1S/C14H18BrN3O3/c1-21-14(20)18-7-5-17(6-8-18)13(19)16-10-11-3-2-4-12(15)9-11/h2-4,9H,5-8,10H2,1H3,(H,16,19). The van der Waals surface area contributed by atoms with Crippen molar-refractivity contribution < 1.29 is 14.3 Å². The van der Waals surface area contributed by atoms with E-state index in [1.165, 1.54) is 7.11 Å². The van der Waals surface area contributed by atoms with Crippen molar-refractivity contribution in [1.82, 2.24) is 15.1 Å². The van der Waals surface area contributed by atoms with Gasteiger partial charge in [-0.05, 0) is 17.7 Å². The van der Waals surface area contributed by atoms with Crippen molar-refractivity contribution in [3.63, 3.8) is 0 Å². The van der Waals surface area contributed by atoms with Gasteiger partial charge in [0.2, 0.25) is 0 Å². The number of urea groups is 1. The van der Waals surface area contributed by atoms with Crippen LogP contribution in [0.3, 0.4) is 0 Å². The zero-order valence-electron chi connectivity index (χ0n) is 11.8. The summed E-state index contributed by atoms with van der Waals surface area (Å²) in [6.45, 7) is 2.50. The van der Waals surface area contributed by atoms with Crippen molar-refractivity contribution in [3.8, 4) is 0 Å². The molecule has 1 aliphatic rings. The third-order valence-electron chi connectivity index (χ3n) is 3.33. The lowest BCUT2D eigenvalue weighted by molar-refractivity contribution is 0.0970. The van der Waals surface area contributed by atoms with Crippen LogP contribution in [0.5, 0.6) is 0 Å². The molecule has 0 aliphatic carbocycles. The van der Waals surface area contributed by atoms with Crippen molar-refractivity contribution in [1.29, 1.82) is 0 Å². The van der Waals surface area contributed by atoms with Crippen LogP contribution < -0.4 is 5.32 Å². The number of ether oxygens (including phenoxy) is 1. The van der Waals surface area contributed by atoms with Crippen LogP contribution in [0.4, 0.5) is 9.59 Å². The van der Waals surface area contributed by atoms with Gasteiger partial charge in [-0.1, -0.05) is 28.1 Å². The molecule has 0 spiro atoms. The Morgan fingerprint density at radius 3 is 2.52 bits per heavy atom. The van der Waals surface area contributed by atoms with Gasteiger partial charge in [-0.2, -0.15) is 0 Å². The third kappa shape index (κ3) is 4.35. The summed E-state index contributed by atoms with van der Waals surface area (Å²) >= 11 is 3.40. The maximum absolute atomic E-state index is 12.1. The minimum absolute atomic E-state index is 0.112. The number of rotatable bonds is 2. The Kier molecular flexibility index (Phi) is 5.44. The number of hydrogen-bond donors (Lipinski definition) is 1. The fourth-order valence-electron chi connectivity index (χ4n) is 2.16. The molecule has 1 N–H and O–H groups in total. The molecular weight excluding hydrogens is 338 g/mol. The predicted molar refractivity (Wildman–Crippen MR) is 81.9 cm³/mol. The first-order chi connectivity index (χ1) is 10.1. The summed E-state index contributed by atoms with van der Waals surface area (Å²) in [7, 11) is 1.36. The molecule has 0 bridgehead atoms. The number of halogens is 1. The molecule has 0 unspecified atom stereocenters. The molecule has 1 fully saturated rings. The SMILES string of the molecule is COC(=O)N1CCN(C(=O)NCc2cccc(Br)c2)CC1. The number of nitrogens with zero attached hydrogens (tertiary/aromatic N) is 2. The molecule has 3 amide bonds. The highest BCUT2D eigenvalue weighted by molar-refractivity contribution is 9.10. The molecule has 1 saturated heterocycles. The smallest absolute Gasteiger partial charge is 0.409 e. The highest BCUT2D eigenvalue weighted by Gasteiger charge is 2.24. The van der Waals surface area contributed by atoms with E-state index in [0.717, 1.165) is 10.0 Å². The van der Waals surface area contributed by atoms with Gasteiger partial charge >= 0.3 is 12.1 Å². The van der Waals surface area contributed by atoms with Gasteiger partial charge in [-0.15, -0.1) is 0 Å². The van der Waals surface area contributed by atoms with Crippen LogP contribution >= 0.6 is 15.9 Å². The van der Waals surface area contributed by atoms with Gasteiger partial charge in [0.1, 0.15) is 0 Å². The number of carbonyl (C=O) groups is 2. The number of piperazine rings is 1. The van der Waals surface area contributed by atoms with Gasteiger partial charge in [0, 0.05) is 37.2 Å². The molecule has 7 heteroatoms. The Bertz CT molecular complexity index is 516. The minimum atomic E-state index is -0.343. The van der Waals surface area contributed by atoms with E-state index in [-0.39, 0.29) is 12.1 Å². The van der Waals surface area contributed by atoms with E-state index in [1.54, 1.807) is 9.80 Å². The van der Waals surface area contributed by atoms with Gasteiger partial charge in [0.15, 0.2) is 0 Å². The predicted octanol–water partition coefficient (Wildman–Crippen LogP) is 2.04. The van der Waals surface area contributed by atoms with E-state index < -0.39 is 0 Å². The van der Waals surface area contributed by atoms with Crippen LogP contribution in [-0.4, -0.2) is 55.2 Å². The first-order valence-electron chi connectivity index (χ1n) is 6.70. The van der Waals surface area contributed by atoms with Crippen molar-refractivity contribution in [2.75, 3.05) is 33.3 Å². The number of nitrogens with one attached hydrogen (secondary N) is 1. The van der Waals surface area contributed by atoms with Crippen molar-refractivity contribution in [3.05, 3.63) is 34.3 Å². The summed E-state index contributed by atoms with van der Waals surface area (Å²) in [6.07, 6.45) is -0.343. The van der Waals surface area contributed by atoms with E-state index in [1.807, 2.05) is 24.3 Å². The first kappa shape index (κ1) is 15.6. The summed E-state index contributed by atoms with van der Waals surface area (Å²) < 4.78 is 5.65. The van der Waals surface area contributed by atoms with Crippen LogP contribution in [0.2, 0.25) is 0 Å². The Balaban J connectivity index is 1.78. The molecule has 0 aromatic heterocycles. The highest BCUT2D eigenvalue weighted by atomic mass is 79.9. The van der Waals surface area contributed by atoms with Crippen LogP contribution in [0.15, 0.2) is 28.7 Å². The average molecular weight is 356 g/mol. The first-order valence-corrected chi connectivity index (χ1v) is 7.49. The molecule has 1 heterocycles. The highest BCUT2D eigenvalue weighted by Crippen LogP contribution is 2.11. The van der Waals surface area contributed by atoms with E-state index in [0.29, 0.717) is 32.7 Å². The quantitative estimate of drug-likeness (QED) is 0.882. The second-order valence-corrected chi connectivity index (χ2v) is 5.65. The van der Waals surface area contributed by atoms with E-state index in [4.69, 9.17) is 0 Å². The fourth-order valence-corrected chi connectivity index (χ4v) is 2.60. The summed E-state index contributed by atoms with van der Waals surface area (Å²) in [5.74, 6) is 0. The second kappa shape index (κ2) is 7.31. The summed E-state index contributed by atoms with van der Waals surface area (Å²) in [5, 5.41) is 2.89. The van der Waals surface area contributed by atoms with Crippen LogP contribution in [0.25, 0.3) is 0 Å². The molecule has 114 valence electrons. The van der Waals surface area contributed by atoms with Gasteiger partial charge in [-0.3, -0.25) is 0 Å². The monoisotopic (exact) mass is 355 g/mol.